The van der Waals surface area contributed by atoms with E-state index in [1.807, 2.05) is 53.4 Å². The van der Waals surface area contributed by atoms with Gasteiger partial charge in [0.25, 0.3) is 0 Å². The van der Waals surface area contributed by atoms with Gasteiger partial charge in [-0.25, -0.2) is 0 Å². The third-order valence-electron chi connectivity index (χ3n) is 4.86. The molecule has 1 aromatic heterocycles. The zero-order valence-electron chi connectivity index (χ0n) is 14.7. The average Bonchev–Trinajstić information content (AvgIpc) is 3.16. The van der Waals surface area contributed by atoms with Gasteiger partial charge in [-0.3, -0.25) is 9.78 Å². The SMILES string of the molecule is O=C(CCc1ccccc1)N1CCC(Oc2cccc3cccnc23)C1. The first-order chi connectivity index (χ1) is 12.8. The summed E-state index contributed by atoms with van der Waals surface area (Å²) in [4.78, 5) is 18.8. The molecule has 3 aromatic rings. The van der Waals surface area contributed by atoms with Gasteiger partial charge in [0, 0.05) is 31.0 Å². The summed E-state index contributed by atoms with van der Waals surface area (Å²) in [6.45, 7) is 1.41. The predicted octanol–water partition coefficient (Wildman–Crippen LogP) is 3.85. The highest BCUT2D eigenvalue weighted by Gasteiger charge is 2.27. The lowest BCUT2D eigenvalue weighted by Crippen LogP contribution is -2.31. The zero-order valence-corrected chi connectivity index (χ0v) is 14.7. The van der Waals surface area contributed by atoms with Crippen molar-refractivity contribution in [2.75, 3.05) is 13.1 Å². The maximum Gasteiger partial charge on any atom is 0.223 e. The second kappa shape index (κ2) is 7.56. The number of carbonyl (C=O) groups is 1. The number of pyridine rings is 1. The lowest BCUT2D eigenvalue weighted by Gasteiger charge is -2.18. The lowest BCUT2D eigenvalue weighted by molar-refractivity contribution is -0.130. The second-order valence-electron chi connectivity index (χ2n) is 6.69. The van der Waals surface area contributed by atoms with Crippen molar-refractivity contribution < 1.29 is 9.53 Å². The molecule has 1 aliphatic rings. The van der Waals surface area contributed by atoms with E-state index < -0.39 is 0 Å². The van der Waals surface area contributed by atoms with Gasteiger partial charge in [0.15, 0.2) is 0 Å². The summed E-state index contributed by atoms with van der Waals surface area (Å²) in [7, 11) is 0. The number of aromatic nitrogens is 1. The first-order valence-electron chi connectivity index (χ1n) is 9.12. The number of ether oxygens (including phenoxy) is 1. The van der Waals surface area contributed by atoms with E-state index in [1.54, 1.807) is 6.20 Å². The molecule has 1 unspecified atom stereocenters. The molecule has 132 valence electrons. The van der Waals surface area contributed by atoms with Crippen LogP contribution in [0, 0.1) is 0 Å². The largest absolute Gasteiger partial charge is 0.486 e. The first-order valence-corrected chi connectivity index (χ1v) is 9.12. The van der Waals surface area contributed by atoms with Crippen LogP contribution in [0.4, 0.5) is 0 Å². The Morgan fingerprint density at radius 1 is 1.08 bits per heavy atom. The summed E-state index contributed by atoms with van der Waals surface area (Å²) in [5.74, 6) is 1.00. The minimum atomic E-state index is 0.0308. The molecular weight excluding hydrogens is 324 g/mol. The van der Waals surface area contributed by atoms with E-state index in [9.17, 15) is 4.79 Å². The molecule has 1 amide bonds. The van der Waals surface area contributed by atoms with Crippen LogP contribution in [-0.2, 0) is 11.2 Å². The summed E-state index contributed by atoms with van der Waals surface area (Å²) in [6.07, 6.45) is 4.01. The van der Waals surface area contributed by atoms with Crippen LogP contribution in [0.2, 0.25) is 0 Å². The molecule has 0 saturated carbocycles. The molecule has 1 saturated heterocycles. The van der Waals surface area contributed by atoms with E-state index >= 15 is 0 Å². The van der Waals surface area contributed by atoms with Crippen LogP contribution in [0.5, 0.6) is 5.75 Å². The van der Waals surface area contributed by atoms with Crippen molar-refractivity contribution in [3.8, 4) is 5.75 Å². The monoisotopic (exact) mass is 346 g/mol. The van der Waals surface area contributed by atoms with Gasteiger partial charge in [-0.1, -0.05) is 48.5 Å². The van der Waals surface area contributed by atoms with Gasteiger partial charge in [0.1, 0.15) is 17.4 Å². The summed E-state index contributed by atoms with van der Waals surface area (Å²) in [5.41, 5.74) is 2.08. The number of fused-ring (bicyclic) bond motifs is 1. The summed E-state index contributed by atoms with van der Waals surface area (Å²) in [6, 6.07) is 20.1. The van der Waals surface area contributed by atoms with Crippen LogP contribution in [0.3, 0.4) is 0 Å². The molecule has 2 aromatic carbocycles. The van der Waals surface area contributed by atoms with E-state index in [0.29, 0.717) is 13.0 Å². The maximum absolute atomic E-state index is 12.5. The van der Waals surface area contributed by atoms with Crippen molar-refractivity contribution in [3.05, 3.63) is 72.4 Å². The Morgan fingerprint density at radius 2 is 1.92 bits per heavy atom. The average molecular weight is 346 g/mol. The fraction of sp³-hybridized carbons (Fsp3) is 0.273. The number of para-hydroxylation sites is 1. The van der Waals surface area contributed by atoms with Crippen molar-refractivity contribution in [3.63, 3.8) is 0 Å². The Hall–Kier alpha value is -2.88. The third-order valence-corrected chi connectivity index (χ3v) is 4.86. The highest BCUT2D eigenvalue weighted by Crippen LogP contribution is 2.26. The van der Waals surface area contributed by atoms with Crippen molar-refractivity contribution in [1.82, 2.24) is 9.88 Å². The zero-order chi connectivity index (χ0) is 17.8. The number of carbonyl (C=O) groups excluding carboxylic acids is 1. The first kappa shape index (κ1) is 16.6. The highest BCUT2D eigenvalue weighted by molar-refractivity contribution is 5.84. The molecule has 1 aliphatic heterocycles. The van der Waals surface area contributed by atoms with Crippen LogP contribution < -0.4 is 4.74 Å². The number of amides is 1. The number of nitrogens with zero attached hydrogens (tertiary/aromatic N) is 2. The normalized spacial score (nSPS) is 16.8. The van der Waals surface area contributed by atoms with E-state index in [4.69, 9.17) is 4.74 Å². The molecular formula is C22H22N2O2. The van der Waals surface area contributed by atoms with Gasteiger partial charge >= 0.3 is 0 Å². The molecule has 4 heteroatoms. The standard InChI is InChI=1S/C22H22N2O2/c25-21(12-11-17-6-2-1-3-7-17)24-15-13-19(16-24)26-20-10-4-8-18-9-5-14-23-22(18)20/h1-10,14,19H,11-13,15-16H2. The van der Waals surface area contributed by atoms with Gasteiger partial charge in [0.05, 0.1) is 6.54 Å². The molecule has 1 atom stereocenters. The molecule has 4 rings (SSSR count). The van der Waals surface area contributed by atoms with Crippen molar-refractivity contribution in [2.45, 2.75) is 25.4 Å². The summed E-state index contributed by atoms with van der Waals surface area (Å²) >= 11 is 0. The lowest BCUT2D eigenvalue weighted by atomic mass is 10.1. The van der Waals surface area contributed by atoms with Gasteiger partial charge in [0.2, 0.25) is 5.91 Å². The quantitative estimate of drug-likeness (QED) is 0.705. The third kappa shape index (κ3) is 3.69. The Kier molecular flexibility index (Phi) is 4.82. The Balaban J connectivity index is 1.35. The molecule has 4 nitrogen and oxygen atoms in total. The number of hydrogen-bond acceptors (Lipinski definition) is 3. The van der Waals surface area contributed by atoms with E-state index in [0.717, 1.165) is 36.0 Å². The van der Waals surface area contributed by atoms with Gasteiger partial charge in [-0.15, -0.1) is 0 Å². The minimum Gasteiger partial charge on any atom is -0.486 e. The molecule has 0 N–H and O–H groups in total. The van der Waals surface area contributed by atoms with E-state index in [2.05, 4.69) is 17.1 Å². The van der Waals surface area contributed by atoms with Gasteiger partial charge < -0.3 is 9.64 Å². The highest BCUT2D eigenvalue weighted by atomic mass is 16.5. The second-order valence-corrected chi connectivity index (χ2v) is 6.69. The summed E-state index contributed by atoms with van der Waals surface area (Å²) < 4.78 is 6.18. The fourth-order valence-corrected chi connectivity index (χ4v) is 3.46. The molecule has 0 radical (unpaired) electrons. The molecule has 1 fully saturated rings. The molecule has 0 aliphatic carbocycles. The summed E-state index contributed by atoms with van der Waals surface area (Å²) in [5, 5.41) is 1.07. The van der Waals surface area contributed by atoms with Crippen molar-refractivity contribution in [2.24, 2.45) is 0 Å². The van der Waals surface area contributed by atoms with Crippen molar-refractivity contribution in [1.29, 1.82) is 0 Å². The number of aryl methyl sites for hydroxylation is 1. The van der Waals surface area contributed by atoms with Gasteiger partial charge in [-0.05, 0) is 24.1 Å². The predicted molar refractivity (Wildman–Crippen MR) is 102 cm³/mol. The molecule has 0 bridgehead atoms. The van der Waals surface area contributed by atoms with Crippen molar-refractivity contribution >= 4 is 16.8 Å². The number of likely N-dealkylation sites (tertiary alicyclic amines) is 1. The van der Waals surface area contributed by atoms with Crippen LogP contribution in [0.15, 0.2) is 66.9 Å². The molecule has 0 spiro atoms. The molecule has 26 heavy (non-hydrogen) atoms. The smallest absolute Gasteiger partial charge is 0.223 e. The van der Waals surface area contributed by atoms with Crippen LogP contribution in [0.1, 0.15) is 18.4 Å². The van der Waals surface area contributed by atoms with E-state index in [1.165, 1.54) is 5.56 Å². The molecule has 2 heterocycles. The number of hydrogen-bond donors (Lipinski definition) is 0. The fourth-order valence-electron chi connectivity index (χ4n) is 3.46. The Morgan fingerprint density at radius 3 is 2.81 bits per heavy atom. The Bertz CT molecular complexity index is 890. The minimum absolute atomic E-state index is 0.0308. The number of benzene rings is 2. The Labute approximate surface area is 153 Å². The topological polar surface area (TPSA) is 42.4 Å². The van der Waals surface area contributed by atoms with Gasteiger partial charge in [-0.2, -0.15) is 0 Å². The van der Waals surface area contributed by atoms with Crippen LogP contribution in [0.25, 0.3) is 10.9 Å². The maximum atomic E-state index is 12.5. The number of rotatable bonds is 5. The van der Waals surface area contributed by atoms with Crippen LogP contribution in [-0.4, -0.2) is 35.0 Å². The van der Waals surface area contributed by atoms with E-state index in [-0.39, 0.29) is 12.0 Å². The van der Waals surface area contributed by atoms with Crippen LogP contribution >= 0.6 is 0 Å².